The maximum Gasteiger partial charge on any atom is 0.335 e. The summed E-state index contributed by atoms with van der Waals surface area (Å²) in [6, 6.07) is 22.0. The summed E-state index contributed by atoms with van der Waals surface area (Å²) in [6.45, 7) is 0. The van der Waals surface area contributed by atoms with Crippen molar-refractivity contribution in [1.29, 1.82) is 0 Å². The smallest absolute Gasteiger partial charge is 0.335 e. The third-order valence-electron chi connectivity index (χ3n) is 5.35. The lowest BCUT2D eigenvalue weighted by Crippen LogP contribution is -2.04. The van der Waals surface area contributed by atoms with Gasteiger partial charge in [0, 0.05) is 0 Å². The fourth-order valence-electron chi connectivity index (χ4n) is 3.69. The van der Waals surface area contributed by atoms with Crippen LogP contribution in [0.25, 0.3) is 21.9 Å². The van der Waals surface area contributed by atoms with Crippen molar-refractivity contribution in [2.75, 3.05) is 0 Å². The molecule has 0 fully saturated rings. The molecule has 0 atom stereocenters. The molecule has 0 radical (unpaired) electrons. The molecule has 0 amide bonds. The van der Waals surface area contributed by atoms with Gasteiger partial charge in [-0.1, -0.05) is 48.5 Å². The van der Waals surface area contributed by atoms with Crippen molar-refractivity contribution < 1.29 is 24.2 Å². The summed E-state index contributed by atoms with van der Waals surface area (Å²) in [5.74, 6) is -2.27. The summed E-state index contributed by atoms with van der Waals surface area (Å²) in [4.78, 5) is 22.8. The first-order chi connectivity index (χ1) is 14.9. The Kier molecular flexibility index (Phi) is 5.50. The first-order valence-electron chi connectivity index (χ1n) is 9.79. The number of aryl methyl sites for hydroxylation is 2. The van der Waals surface area contributed by atoms with E-state index in [1.54, 1.807) is 42.5 Å². The van der Waals surface area contributed by atoms with E-state index in [0.717, 1.165) is 27.5 Å². The summed E-state index contributed by atoms with van der Waals surface area (Å²) < 4.78 is 13.2. The molecule has 0 heterocycles. The maximum atomic E-state index is 13.2. The molecule has 31 heavy (non-hydrogen) atoms. The molecular formula is C26H19FO4. The summed E-state index contributed by atoms with van der Waals surface area (Å²) >= 11 is 0. The van der Waals surface area contributed by atoms with Crippen molar-refractivity contribution >= 4 is 22.7 Å². The second kappa shape index (κ2) is 8.40. The van der Waals surface area contributed by atoms with Crippen LogP contribution in [0.5, 0.6) is 0 Å². The predicted molar refractivity (Wildman–Crippen MR) is 117 cm³/mol. The van der Waals surface area contributed by atoms with Crippen molar-refractivity contribution in [2.45, 2.75) is 12.8 Å². The minimum Gasteiger partial charge on any atom is -0.478 e. The van der Waals surface area contributed by atoms with Gasteiger partial charge in [-0.15, -0.1) is 0 Å². The SMILES string of the molecule is O=C(O)c1ccc2cc(CCc3cc(-c4ccc(F)cc4)ccc3C(=O)O)ccc2c1. The molecule has 0 spiro atoms. The average Bonchev–Trinajstić information content (AvgIpc) is 2.77. The van der Waals surface area contributed by atoms with E-state index < -0.39 is 11.9 Å². The Balaban J connectivity index is 1.61. The third kappa shape index (κ3) is 4.46. The van der Waals surface area contributed by atoms with E-state index in [9.17, 15) is 19.1 Å². The number of carbonyl (C=O) groups is 2. The minimum atomic E-state index is -0.986. The number of fused-ring (bicyclic) bond motifs is 1. The Hall–Kier alpha value is -3.99. The highest BCUT2D eigenvalue weighted by Crippen LogP contribution is 2.25. The Labute approximate surface area is 178 Å². The van der Waals surface area contributed by atoms with E-state index in [4.69, 9.17) is 5.11 Å². The van der Waals surface area contributed by atoms with Gasteiger partial charge >= 0.3 is 11.9 Å². The van der Waals surface area contributed by atoms with Gasteiger partial charge < -0.3 is 10.2 Å². The second-order valence-electron chi connectivity index (χ2n) is 7.39. The topological polar surface area (TPSA) is 74.6 Å². The zero-order valence-electron chi connectivity index (χ0n) is 16.5. The molecule has 5 heteroatoms. The molecule has 0 aliphatic rings. The molecule has 4 aromatic rings. The van der Waals surface area contributed by atoms with Gasteiger partial charge in [-0.2, -0.15) is 0 Å². The Morgan fingerprint density at radius 3 is 2.06 bits per heavy atom. The molecule has 0 saturated carbocycles. The predicted octanol–water partition coefficient (Wildman–Crippen LogP) is 5.83. The molecular weight excluding hydrogens is 395 g/mol. The van der Waals surface area contributed by atoms with Gasteiger partial charge in [0.05, 0.1) is 11.1 Å². The van der Waals surface area contributed by atoms with Crippen LogP contribution in [0.15, 0.2) is 78.9 Å². The quantitative estimate of drug-likeness (QED) is 0.416. The van der Waals surface area contributed by atoms with Crippen LogP contribution in [0.1, 0.15) is 31.8 Å². The van der Waals surface area contributed by atoms with E-state index >= 15 is 0 Å². The highest BCUT2D eigenvalue weighted by molar-refractivity contribution is 5.94. The third-order valence-corrected chi connectivity index (χ3v) is 5.35. The summed E-state index contributed by atoms with van der Waals surface area (Å²) in [5.41, 5.74) is 3.87. The van der Waals surface area contributed by atoms with Gasteiger partial charge in [0.2, 0.25) is 0 Å². The van der Waals surface area contributed by atoms with Gasteiger partial charge in [-0.3, -0.25) is 0 Å². The molecule has 2 N–H and O–H groups in total. The van der Waals surface area contributed by atoms with Crippen molar-refractivity contribution in [3.05, 3.63) is 107 Å². The minimum absolute atomic E-state index is 0.240. The highest BCUT2D eigenvalue weighted by atomic mass is 19.1. The number of hydrogen-bond donors (Lipinski definition) is 2. The van der Waals surface area contributed by atoms with E-state index in [2.05, 4.69) is 0 Å². The van der Waals surface area contributed by atoms with Crippen LogP contribution >= 0.6 is 0 Å². The molecule has 0 aromatic heterocycles. The van der Waals surface area contributed by atoms with Gasteiger partial charge in [0.25, 0.3) is 0 Å². The van der Waals surface area contributed by atoms with Crippen molar-refractivity contribution in [3.8, 4) is 11.1 Å². The van der Waals surface area contributed by atoms with Crippen LogP contribution in [0, 0.1) is 5.82 Å². The van der Waals surface area contributed by atoms with Crippen LogP contribution in [-0.2, 0) is 12.8 Å². The molecule has 4 nitrogen and oxygen atoms in total. The first-order valence-corrected chi connectivity index (χ1v) is 9.79. The zero-order chi connectivity index (χ0) is 22.0. The number of carboxylic acids is 2. The lowest BCUT2D eigenvalue weighted by Gasteiger charge is -2.11. The van der Waals surface area contributed by atoms with Crippen LogP contribution in [0.2, 0.25) is 0 Å². The van der Waals surface area contributed by atoms with Crippen LogP contribution in [0.4, 0.5) is 4.39 Å². The summed E-state index contributed by atoms with van der Waals surface area (Å²) in [6.07, 6.45) is 1.15. The first kappa shape index (κ1) is 20.3. The van der Waals surface area contributed by atoms with Gasteiger partial charge in [-0.25, -0.2) is 14.0 Å². The van der Waals surface area contributed by atoms with E-state index in [1.165, 1.54) is 12.1 Å². The summed E-state index contributed by atoms with van der Waals surface area (Å²) in [5, 5.41) is 20.5. The molecule has 0 saturated heterocycles. The molecule has 0 unspecified atom stereocenters. The summed E-state index contributed by atoms with van der Waals surface area (Å²) in [7, 11) is 0. The average molecular weight is 414 g/mol. The number of aromatic carboxylic acids is 2. The number of rotatable bonds is 6. The van der Waals surface area contributed by atoms with Gasteiger partial charge in [-0.05, 0) is 76.2 Å². The van der Waals surface area contributed by atoms with E-state index in [1.807, 2.05) is 24.3 Å². The normalized spacial score (nSPS) is 10.9. The molecule has 4 aromatic carbocycles. The lowest BCUT2D eigenvalue weighted by molar-refractivity contribution is 0.0685. The molecule has 0 aliphatic carbocycles. The van der Waals surface area contributed by atoms with Crippen molar-refractivity contribution in [1.82, 2.24) is 0 Å². The number of carboxylic acid groups (broad SMARTS) is 2. The second-order valence-corrected chi connectivity index (χ2v) is 7.39. The van der Waals surface area contributed by atoms with Crippen LogP contribution in [0.3, 0.4) is 0 Å². The molecule has 0 bridgehead atoms. The van der Waals surface area contributed by atoms with E-state index in [-0.39, 0.29) is 16.9 Å². The monoisotopic (exact) mass is 414 g/mol. The molecule has 4 rings (SSSR count). The number of hydrogen-bond acceptors (Lipinski definition) is 2. The van der Waals surface area contributed by atoms with Gasteiger partial charge in [0.15, 0.2) is 0 Å². The maximum absolute atomic E-state index is 13.2. The largest absolute Gasteiger partial charge is 0.478 e. The fourth-order valence-corrected chi connectivity index (χ4v) is 3.69. The Morgan fingerprint density at radius 1 is 0.677 bits per heavy atom. The molecule has 0 aliphatic heterocycles. The Bertz CT molecular complexity index is 1290. The van der Waals surface area contributed by atoms with Gasteiger partial charge in [0.1, 0.15) is 5.82 Å². The van der Waals surface area contributed by atoms with Crippen molar-refractivity contribution in [2.24, 2.45) is 0 Å². The van der Waals surface area contributed by atoms with Crippen LogP contribution in [-0.4, -0.2) is 22.2 Å². The Morgan fingerprint density at radius 2 is 1.35 bits per heavy atom. The highest BCUT2D eigenvalue weighted by Gasteiger charge is 2.12. The standard InChI is InChI=1S/C26H19FO4/c27-23-10-7-17(8-11-23)19-9-12-24(26(30)31)21(14-19)4-2-16-1-3-20-15-22(25(28)29)6-5-18(20)13-16/h1,3,5-15H,2,4H2,(H,28,29)(H,30,31). The van der Waals surface area contributed by atoms with E-state index in [0.29, 0.717) is 18.4 Å². The lowest BCUT2D eigenvalue weighted by atomic mass is 9.94. The fraction of sp³-hybridized carbons (Fsp3) is 0.0769. The van der Waals surface area contributed by atoms with Crippen molar-refractivity contribution in [3.63, 3.8) is 0 Å². The molecule has 154 valence electrons. The number of halogens is 1. The zero-order valence-corrected chi connectivity index (χ0v) is 16.5. The number of benzene rings is 4. The van der Waals surface area contributed by atoms with Crippen LogP contribution < -0.4 is 0 Å².